The van der Waals surface area contributed by atoms with Gasteiger partial charge in [-0.05, 0) is 25.2 Å². The van der Waals surface area contributed by atoms with Gasteiger partial charge in [0, 0.05) is 6.42 Å². The average molecular weight is 282 g/mol. The minimum atomic E-state index is -0.731. The summed E-state index contributed by atoms with van der Waals surface area (Å²) < 4.78 is 0. The highest BCUT2D eigenvalue weighted by Gasteiger charge is 2.33. The monoisotopic (exact) mass is 282 g/mol. The second-order valence-electron chi connectivity index (χ2n) is 5.53. The first-order valence-electron chi connectivity index (χ1n) is 7.20. The number of aromatic nitrogens is 1. The first-order chi connectivity index (χ1) is 8.87. The van der Waals surface area contributed by atoms with E-state index >= 15 is 0 Å². The maximum Gasteiger partial charge on any atom is 0.194 e. The summed E-state index contributed by atoms with van der Waals surface area (Å²) in [6.07, 6.45) is 3.06. The Balaban J connectivity index is 3.11. The van der Waals surface area contributed by atoms with Crippen molar-refractivity contribution < 1.29 is 4.79 Å². The SMILES string of the molecule is CCc1nc(CC(C)C)sc1C(=O)C(N)(CC)CC. The average Bonchev–Trinajstić information content (AvgIpc) is 2.78. The number of aryl methyl sites for hydroxylation is 1. The molecule has 0 spiro atoms. The van der Waals surface area contributed by atoms with Crippen LogP contribution >= 0.6 is 11.3 Å². The van der Waals surface area contributed by atoms with E-state index in [1.165, 1.54) is 11.3 Å². The zero-order chi connectivity index (χ0) is 14.6. The number of carbonyl (C=O) groups excluding carboxylic acids is 1. The fourth-order valence-electron chi connectivity index (χ4n) is 2.05. The van der Waals surface area contributed by atoms with Crippen molar-refractivity contribution in [3.8, 4) is 0 Å². The lowest BCUT2D eigenvalue weighted by Gasteiger charge is -2.24. The van der Waals surface area contributed by atoms with E-state index in [0.29, 0.717) is 18.8 Å². The lowest BCUT2D eigenvalue weighted by Crippen LogP contribution is -2.46. The molecule has 1 aromatic rings. The van der Waals surface area contributed by atoms with Crippen molar-refractivity contribution in [2.45, 2.75) is 65.8 Å². The van der Waals surface area contributed by atoms with Crippen LogP contribution in [0.4, 0.5) is 0 Å². The minimum absolute atomic E-state index is 0.0712. The lowest BCUT2D eigenvalue weighted by atomic mass is 9.88. The molecule has 0 unspecified atom stereocenters. The summed E-state index contributed by atoms with van der Waals surface area (Å²) in [6.45, 7) is 10.3. The number of hydrogen-bond acceptors (Lipinski definition) is 4. The van der Waals surface area contributed by atoms with Crippen LogP contribution in [0.5, 0.6) is 0 Å². The number of nitrogens with zero attached hydrogens (tertiary/aromatic N) is 1. The molecule has 2 N–H and O–H groups in total. The Morgan fingerprint density at radius 2 is 1.89 bits per heavy atom. The molecule has 19 heavy (non-hydrogen) atoms. The van der Waals surface area contributed by atoms with Crippen LogP contribution in [-0.4, -0.2) is 16.3 Å². The van der Waals surface area contributed by atoms with Gasteiger partial charge in [0.1, 0.15) is 0 Å². The van der Waals surface area contributed by atoms with Gasteiger partial charge in [-0.15, -0.1) is 11.3 Å². The highest BCUT2D eigenvalue weighted by Crippen LogP contribution is 2.27. The summed E-state index contributed by atoms with van der Waals surface area (Å²) in [4.78, 5) is 18.0. The Labute approximate surface area is 120 Å². The fourth-order valence-corrected chi connectivity index (χ4v) is 3.46. The fraction of sp³-hybridized carbons (Fsp3) is 0.733. The van der Waals surface area contributed by atoms with E-state index in [2.05, 4.69) is 18.8 Å². The number of rotatable bonds is 7. The van der Waals surface area contributed by atoms with E-state index in [-0.39, 0.29) is 5.78 Å². The van der Waals surface area contributed by atoms with Gasteiger partial charge in [0.05, 0.1) is 21.1 Å². The number of ketones is 1. The standard InChI is InChI=1S/C15H26N2OS/c1-6-11-13(14(18)15(16,7-2)8-3)19-12(17-11)9-10(4)5/h10H,6-9,16H2,1-5H3. The van der Waals surface area contributed by atoms with Gasteiger partial charge in [-0.3, -0.25) is 4.79 Å². The predicted molar refractivity (Wildman–Crippen MR) is 81.9 cm³/mol. The van der Waals surface area contributed by atoms with Crippen molar-refractivity contribution in [3.05, 3.63) is 15.6 Å². The van der Waals surface area contributed by atoms with Crippen LogP contribution in [0.3, 0.4) is 0 Å². The largest absolute Gasteiger partial charge is 0.319 e. The second kappa shape index (κ2) is 6.62. The van der Waals surface area contributed by atoms with Gasteiger partial charge in [0.15, 0.2) is 5.78 Å². The molecule has 1 heterocycles. The van der Waals surface area contributed by atoms with Crippen molar-refractivity contribution >= 4 is 17.1 Å². The molecule has 0 aromatic carbocycles. The molecule has 0 fully saturated rings. The van der Waals surface area contributed by atoms with E-state index in [4.69, 9.17) is 5.73 Å². The van der Waals surface area contributed by atoms with E-state index in [1.807, 2.05) is 20.8 Å². The van der Waals surface area contributed by atoms with Crippen LogP contribution in [0.25, 0.3) is 0 Å². The summed E-state index contributed by atoms with van der Waals surface area (Å²) in [5.74, 6) is 0.626. The highest BCUT2D eigenvalue weighted by molar-refractivity contribution is 7.13. The van der Waals surface area contributed by atoms with Crippen LogP contribution in [0, 0.1) is 5.92 Å². The summed E-state index contributed by atoms with van der Waals surface area (Å²) in [7, 11) is 0. The Morgan fingerprint density at radius 3 is 2.32 bits per heavy atom. The van der Waals surface area contributed by atoms with Crippen LogP contribution in [0.15, 0.2) is 0 Å². The van der Waals surface area contributed by atoms with Crippen molar-refractivity contribution in [1.29, 1.82) is 0 Å². The van der Waals surface area contributed by atoms with Crippen LogP contribution in [0.1, 0.15) is 67.8 Å². The van der Waals surface area contributed by atoms with Crippen molar-refractivity contribution in [1.82, 2.24) is 4.98 Å². The molecule has 0 bridgehead atoms. The molecule has 0 amide bonds. The van der Waals surface area contributed by atoms with Crippen LogP contribution in [0.2, 0.25) is 0 Å². The highest BCUT2D eigenvalue weighted by atomic mass is 32.1. The number of thiazole rings is 1. The number of nitrogens with two attached hydrogens (primary N) is 1. The molecule has 3 nitrogen and oxygen atoms in total. The van der Waals surface area contributed by atoms with E-state index in [0.717, 1.165) is 28.4 Å². The van der Waals surface area contributed by atoms with Gasteiger partial charge in [-0.25, -0.2) is 4.98 Å². The van der Waals surface area contributed by atoms with Crippen molar-refractivity contribution in [2.75, 3.05) is 0 Å². The van der Waals surface area contributed by atoms with Gasteiger partial charge in [-0.2, -0.15) is 0 Å². The maximum absolute atomic E-state index is 12.7. The molecule has 0 aliphatic rings. The van der Waals surface area contributed by atoms with Gasteiger partial charge < -0.3 is 5.73 Å². The molecular formula is C15H26N2OS. The smallest absolute Gasteiger partial charge is 0.194 e. The zero-order valence-corrected chi connectivity index (χ0v) is 13.6. The van der Waals surface area contributed by atoms with Crippen molar-refractivity contribution in [2.24, 2.45) is 11.7 Å². The summed E-state index contributed by atoms with van der Waals surface area (Å²) in [5.41, 5.74) is 6.42. The van der Waals surface area contributed by atoms with Gasteiger partial charge in [0.2, 0.25) is 0 Å². The number of carbonyl (C=O) groups is 1. The summed E-state index contributed by atoms with van der Waals surface area (Å²) in [6, 6.07) is 0. The molecular weight excluding hydrogens is 256 g/mol. The van der Waals surface area contributed by atoms with Gasteiger partial charge in [-0.1, -0.05) is 34.6 Å². The predicted octanol–water partition coefficient (Wildman–Crippen LogP) is 3.60. The molecule has 0 radical (unpaired) electrons. The van der Waals surface area contributed by atoms with E-state index < -0.39 is 5.54 Å². The van der Waals surface area contributed by atoms with E-state index in [1.54, 1.807) is 0 Å². The third kappa shape index (κ3) is 3.63. The number of hydrogen-bond donors (Lipinski definition) is 1. The molecule has 1 aromatic heterocycles. The minimum Gasteiger partial charge on any atom is -0.319 e. The molecule has 1 rings (SSSR count). The quantitative estimate of drug-likeness (QED) is 0.777. The first-order valence-corrected chi connectivity index (χ1v) is 8.01. The first kappa shape index (κ1) is 16.3. The van der Waals surface area contributed by atoms with E-state index in [9.17, 15) is 4.79 Å². The Hall–Kier alpha value is -0.740. The second-order valence-corrected chi connectivity index (χ2v) is 6.61. The third-order valence-corrected chi connectivity index (χ3v) is 4.70. The lowest BCUT2D eigenvalue weighted by molar-refractivity contribution is 0.0882. The van der Waals surface area contributed by atoms with Gasteiger partial charge >= 0.3 is 0 Å². The van der Waals surface area contributed by atoms with Crippen LogP contribution < -0.4 is 5.73 Å². The molecule has 0 saturated carbocycles. The summed E-state index contributed by atoms with van der Waals surface area (Å²) >= 11 is 1.54. The van der Waals surface area contributed by atoms with Crippen LogP contribution in [-0.2, 0) is 12.8 Å². The normalized spacial score (nSPS) is 12.2. The Kier molecular flexibility index (Phi) is 5.68. The third-order valence-electron chi connectivity index (χ3n) is 3.58. The molecule has 0 aliphatic carbocycles. The summed E-state index contributed by atoms with van der Waals surface area (Å²) in [5, 5.41) is 1.06. The number of Topliss-reactive ketones (excluding diaryl/α,β-unsaturated/α-hetero) is 1. The Bertz CT molecular complexity index is 433. The molecule has 0 saturated heterocycles. The molecule has 0 aliphatic heterocycles. The Morgan fingerprint density at radius 1 is 1.32 bits per heavy atom. The van der Waals surface area contributed by atoms with Gasteiger partial charge in [0.25, 0.3) is 0 Å². The molecule has 108 valence electrons. The topological polar surface area (TPSA) is 56.0 Å². The molecule has 0 atom stereocenters. The zero-order valence-electron chi connectivity index (χ0n) is 12.7. The molecule has 4 heteroatoms. The maximum atomic E-state index is 12.7. The van der Waals surface area contributed by atoms with Crippen molar-refractivity contribution in [3.63, 3.8) is 0 Å².